The van der Waals surface area contributed by atoms with E-state index in [-0.39, 0.29) is 5.04 Å². The summed E-state index contributed by atoms with van der Waals surface area (Å²) in [6.45, 7) is 13.1. The van der Waals surface area contributed by atoms with Crippen LogP contribution in [-0.2, 0) is 35.2 Å². The summed E-state index contributed by atoms with van der Waals surface area (Å²) in [6.07, 6.45) is 3.44. The summed E-state index contributed by atoms with van der Waals surface area (Å²) in [6, 6.07) is 0. The number of nitrogens with zero attached hydrogens (tertiary/aromatic N) is 1. The van der Waals surface area contributed by atoms with Crippen LogP contribution in [0.5, 0.6) is 0 Å². The minimum absolute atomic E-state index is 0.218. The highest BCUT2D eigenvalue weighted by atomic mass is 28.4. The van der Waals surface area contributed by atoms with Crippen LogP contribution in [-0.4, -0.2) is 19.9 Å². The van der Waals surface area contributed by atoms with Gasteiger partial charge in [0.2, 0.25) is 0 Å². The van der Waals surface area contributed by atoms with Gasteiger partial charge in [0.1, 0.15) is 5.69 Å². The molecule has 0 amide bonds. The number of hydrogen-bond donors (Lipinski definition) is 0. The zero-order valence-corrected chi connectivity index (χ0v) is 16.0. The average Bonchev–Trinajstić information content (AvgIpc) is 3.09. The van der Waals surface area contributed by atoms with Gasteiger partial charge in [0.15, 0.2) is 8.32 Å². The minimum Gasteiger partial charge on any atom is -0.406 e. The molecule has 124 valence electrons. The highest BCUT2D eigenvalue weighted by Crippen LogP contribution is 2.36. The Labute approximate surface area is 140 Å². The van der Waals surface area contributed by atoms with Gasteiger partial charge in [0, 0.05) is 11.3 Å². The van der Waals surface area contributed by atoms with E-state index in [4.69, 9.17) is 14.1 Å². The molecule has 0 spiro atoms. The Morgan fingerprint density at radius 3 is 2.61 bits per heavy atom. The van der Waals surface area contributed by atoms with Gasteiger partial charge in [-0.2, -0.15) is 0 Å². The maximum absolute atomic E-state index is 6.13. The van der Waals surface area contributed by atoms with E-state index in [0.717, 1.165) is 25.1 Å². The molecule has 0 fully saturated rings. The second kappa shape index (κ2) is 6.05. The number of rotatable bonds is 2. The van der Waals surface area contributed by atoms with Crippen LogP contribution < -0.4 is 0 Å². The fourth-order valence-electron chi connectivity index (χ4n) is 2.94. The summed E-state index contributed by atoms with van der Waals surface area (Å²) in [5.74, 6) is 6.45. The highest BCUT2D eigenvalue weighted by Gasteiger charge is 2.36. The number of fused-ring (bicyclic) bond motifs is 3. The van der Waals surface area contributed by atoms with E-state index < -0.39 is 8.32 Å². The summed E-state index contributed by atoms with van der Waals surface area (Å²) < 4.78 is 11.8. The quantitative estimate of drug-likeness (QED) is 0.607. The first-order chi connectivity index (χ1) is 10.8. The van der Waals surface area contributed by atoms with E-state index in [0.29, 0.717) is 13.2 Å². The Morgan fingerprint density at radius 1 is 1.13 bits per heavy atom. The van der Waals surface area contributed by atoms with E-state index in [1.165, 1.54) is 28.8 Å². The van der Waals surface area contributed by atoms with Gasteiger partial charge in [-0.1, -0.05) is 26.7 Å². The first-order valence-corrected chi connectivity index (χ1v) is 11.4. The summed E-state index contributed by atoms with van der Waals surface area (Å²) in [7, 11) is -1.73. The normalized spacial score (nSPS) is 16.7. The second-order valence-electron chi connectivity index (χ2n) is 8.04. The Morgan fingerprint density at radius 2 is 1.87 bits per heavy atom. The van der Waals surface area contributed by atoms with Gasteiger partial charge in [-0.3, -0.25) is 0 Å². The fourth-order valence-corrected chi connectivity index (χ4v) is 3.81. The second-order valence-corrected chi connectivity index (χ2v) is 12.8. The molecule has 1 aromatic rings. The van der Waals surface area contributed by atoms with E-state index in [1.807, 2.05) is 0 Å². The predicted octanol–water partition coefficient (Wildman–Crippen LogP) is 3.97. The number of aryl methyl sites for hydroxylation is 1. The molecule has 2 aliphatic rings. The van der Waals surface area contributed by atoms with Crippen molar-refractivity contribution in [2.24, 2.45) is 0 Å². The Hall–Kier alpha value is -1.15. The molecule has 0 radical (unpaired) electrons. The van der Waals surface area contributed by atoms with Crippen molar-refractivity contribution in [3.63, 3.8) is 0 Å². The molecule has 1 aliphatic heterocycles. The molecule has 0 saturated heterocycles. The largest absolute Gasteiger partial charge is 0.406 e. The molecule has 3 rings (SSSR count). The molecule has 0 unspecified atom stereocenters. The zero-order valence-electron chi connectivity index (χ0n) is 15.0. The molecule has 4 heteroatoms. The van der Waals surface area contributed by atoms with Crippen molar-refractivity contribution in [1.82, 2.24) is 4.98 Å². The Balaban J connectivity index is 1.77. The van der Waals surface area contributed by atoms with Gasteiger partial charge in [0.05, 0.1) is 19.8 Å². The standard InChI is InChI=1S/C19H27NO2Si/c1-19(2,3)23(4,5)22-11-7-10-18-16-13-21-12-15(16)14-8-6-9-17(14)20-18/h6,8-9,11-13H2,1-5H3. The zero-order chi connectivity index (χ0) is 16.7. The minimum atomic E-state index is -1.73. The molecule has 0 bridgehead atoms. The maximum atomic E-state index is 6.13. The molecule has 0 N–H and O–H groups in total. The molecule has 0 aromatic carbocycles. The van der Waals surface area contributed by atoms with Crippen LogP contribution in [0.25, 0.3) is 0 Å². The van der Waals surface area contributed by atoms with E-state index in [9.17, 15) is 0 Å². The van der Waals surface area contributed by atoms with Crippen LogP contribution in [0.3, 0.4) is 0 Å². The fraction of sp³-hybridized carbons (Fsp3) is 0.632. The third-order valence-electron chi connectivity index (χ3n) is 5.46. The van der Waals surface area contributed by atoms with E-state index >= 15 is 0 Å². The van der Waals surface area contributed by atoms with Gasteiger partial charge in [-0.25, -0.2) is 4.98 Å². The lowest BCUT2D eigenvalue weighted by Gasteiger charge is -2.35. The van der Waals surface area contributed by atoms with Crippen molar-refractivity contribution >= 4 is 8.32 Å². The van der Waals surface area contributed by atoms with Crippen LogP contribution in [0.4, 0.5) is 0 Å². The van der Waals surface area contributed by atoms with Crippen LogP contribution in [0.15, 0.2) is 0 Å². The van der Waals surface area contributed by atoms with Gasteiger partial charge in [0.25, 0.3) is 0 Å². The van der Waals surface area contributed by atoms with E-state index in [1.54, 1.807) is 0 Å². The van der Waals surface area contributed by atoms with Gasteiger partial charge >= 0.3 is 0 Å². The number of aromatic nitrogens is 1. The van der Waals surface area contributed by atoms with Crippen molar-refractivity contribution < 1.29 is 9.16 Å². The van der Waals surface area contributed by atoms with Crippen molar-refractivity contribution in [3.05, 3.63) is 28.1 Å². The lowest BCUT2D eigenvalue weighted by atomic mass is 10.0. The third-order valence-corrected chi connectivity index (χ3v) is 9.94. The van der Waals surface area contributed by atoms with Crippen LogP contribution >= 0.6 is 0 Å². The van der Waals surface area contributed by atoms with Crippen molar-refractivity contribution in [1.29, 1.82) is 0 Å². The maximum Gasteiger partial charge on any atom is 0.193 e. The monoisotopic (exact) mass is 329 g/mol. The molecule has 1 aliphatic carbocycles. The lowest BCUT2D eigenvalue weighted by molar-refractivity contribution is 0.134. The number of hydrogen-bond acceptors (Lipinski definition) is 3. The van der Waals surface area contributed by atoms with Crippen LogP contribution in [0.1, 0.15) is 55.3 Å². The highest BCUT2D eigenvalue weighted by molar-refractivity contribution is 6.74. The average molecular weight is 330 g/mol. The van der Waals surface area contributed by atoms with Crippen LogP contribution in [0, 0.1) is 11.8 Å². The van der Waals surface area contributed by atoms with Gasteiger partial charge < -0.3 is 9.16 Å². The van der Waals surface area contributed by atoms with Crippen molar-refractivity contribution in [2.45, 2.75) is 71.4 Å². The summed E-state index contributed by atoms with van der Waals surface area (Å²) >= 11 is 0. The van der Waals surface area contributed by atoms with Crippen LogP contribution in [0.2, 0.25) is 18.1 Å². The molecular weight excluding hydrogens is 302 g/mol. The lowest BCUT2D eigenvalue weighted by Crippen LogP contribution is -2.40. The molecule has 3 nitrogen and oxygen atoms in total. The summed E-state index contributed by atoms with van der Waals surface area (Å²) in [5.41, 5.74) is 6.16. The first-order valence-electron chi connectivity index (χ1n) is 8.54. The molecule has 0 saturated carbocycles. The van der Waals surface area contributed by atoms with Gasteiger partial charge in [-0.05, 0) is 54.4 Å². The third kappa shape index (κ3) is 3.23. The SMILES string of the molecule is CC(C)(C)[Si](C)(C)OCC#Cc1nc2c(c3c1COC3)CCC2. The van der Waals surface area contributed by atoms with Gasteiger partial charge in [-0.15, -0.1) is 0 Å². The smallest absolute Gasteiger partial charge is 0.193 e. The Kier molecular flexibility index (Phi) is 4.39. The summed E-state index contributed by atoms with van der Waals surface area (Å²) in [5, 5.41) is 0.218. The molecule has 2 heterocycles. The van der Waals surface area contributed by atoms with Crippen molar-refractivity contribution in [3.8, 4) is 11.8 Å². The van der Waals surface area contributed by atoms with Crippen molar-refractivity contribution in [2.75, 3.05) is 6.61 Å². The molecule has 23 heavy (non-hydrogen) atoms. The summed E-state index contributed by atoms with van der Waals surface area (Å²) in [4.78, 5) is 4.81. The molecule has 1 aromatic heterocycles. The van der Waals surface area contributed by atoms with E-state index in [2.05, 4.69) is 45.7 Å². The topological polar surface area (TPSA) is 31.4 Å². The molecular formula is C19H27NO2Si. The Bertz CT molecular complexity index is 677. The molecule has 0 atom stereocenters. The first kappa shape index (κ1) is 16.7. The number of pyridine rings is 1. The number of ether oxygens (including phenoxy) is 1. The predicted molar refractivity (Wildman–Crippen MR) is 94.8 cm³/mol.